The second kappa shape index (κ2) is 6.94. The number of methoxy groups -OCH3 is 1. The summed E-state index contributed by atoms with van der Waals surface area (Å²) in [4.78, 5) is 34.0. The number of benzene rings is 1. The van der Waals surface area contributed by atoms with Gasteiger partial charge in [0.1, 0.15) is 5.75 Å². The molecule has 0 aromatic heterocycles. The highest BCUT2D eigenvalue weighted by atomic mass is 32.2. The molecule has 0 bridgehead atoms. The molecule has 7 heteroatoms. The molecule has 6 nitrogen and oxygen atoms in total. The summed E-state index contributed by atoms with van der Waals surface area (Å²) >= 11 is 0.723. The van der Waals surface area contributed by atoms with Crippen molar-refractivity contribution in [3.63, 3.8) is 0 Å². The van der Waals surface area contributed by atoms with E-state index in [1.54, 1.807) is 7.11 Å². The van der Waals surface area contributed by atoms with Gasteiger partial charge in [0.25, 0.3) is 11.1 Å². The van der Waals surface area contributed by atoms with Gasteiger partial charge in [-0.3, -0.25) is 19.7 Å². The van der Waals surface area contributed by atoms with E-state index in [4.69, 9.17) is 4.74 Å². The van der Waals surface area contributed by atoms with Crippen LogP contribution in [0.1, 0.15) is 5.56 Å². The summed E-state index contributed by atoms with van der Waals surface area (Å²) in [6.07, 6.45) is 1.80. The van der Waals surface area contributed by atoms with E-state index in [1.807, 2.05) is 24.3 Å². The fourth-order valence-electron chi connectivity index (χ4n) is 1.71. The van der Waals surface area contributed by atoms with Crippen molar-refractivity contribution in [2.45, 2.75) is 6.42 Å². The number of ether oxygens (including phenoxy) is 1. The summed E-state index contributed by atoms with van der Waals surface area (Å²) in [5.74, 6) is -0.146. The van der Waals surface area contributed by atoms with E-state index in [1.165, 1.54) is 0 Å². The van der Waals surface area contributed by atoms with Gasteiger partial charge in [0.15, 0.2) is 0 Å². The molecule has 1 aliphatic heterocycles. The van der Waals surface area contributed by atoms with Gasteiger partial charge >= 0.3 is 0 Å². The minimum Gasteiger partial charge on any atom is -0.497 e. The van der Waals surface area contributed by atoms with Crippen LogP contribution in [0, 0.1) is 0 Å². The Bertz CT molecular complexity index is 595. The van der Waals surface area contributed by atoms with Gasteiger partial charge in [-0.05, 0) is 35.9 Å². The Labute approximate surface area is 125 Å². The normalized spacial score (nSPS) is 16.0. The average molecular weight is 306 g/mol. The van der Waals surface area contributed by atoms with Gasteiger partial charge in [-0.25, -0.2) is 0 Å². The number of carbonyl (C=O) groups excluding carboxylic acids is 3. The highest BCUT2D eigenvalue weighted by Crippen LogP contribution is 2.22. The van der Waals surface area contributed by atoms with Crippen molar-refractivity contribution in [1.29, 1.82) is 0 Å². The lowest BCUT2D eigenvalue weighted by molar-refractivity contribution is -0.118. The predicted molar refractivity (Wildman–Crippen MR) is 78.9 cm³/mol. The second-order valence-electron chi connectivity index (χ2n) is 4.24. The van der Waals surface area contributed by atoms with Crippen LogP contribution in [0.25, 0.3) is 0 Å². The fourth-order valence-corrected chi connectivity index (χ4v) is 2.37. The Balaban J connectivity index is 1.80. The zero-order chi connectivity index (χ0) is 15.2. The minimum absolute atomic E-state index is 0.113. The molecule has 0 unspecified atom stereocenters. The minimum atomic E-state index is -0.532. The number of thioether (sulfide) groups is 1. The maximum atomic E-state index is 11.6. The number of amides is 3. The van der Waals surface area contributed by atoms with Crippen molar-refractivity contribution >= 4 is 28.8 Å². The smallest absolute Gasteiger partial charge is 0.290 e. The van der Waals surface area contributed by atoms with Gasteiger partial charge in [-0.15, -0.1) is 0 Å². The van der Waals surface area contributed by atoms with Crippen LogP contribution in [-0.2, 0) is 16.0 Å². The Morgan fingerprint density at radius 1 is 1.33 bits per heavy atom. The zero-order valence-corrected chi connectivity index (χ0v) is 12.2. The van der Waals surface area contributed by atoms with Crippen LogP contribution in [0.5, 0.6) is 5.75 Å². The Morgan fingerprint density at radius 3 is 2.62 bits per heavy atom. The van der Waals surface area contributed by atoms with Crippen LogP contribution in [-0.4, -0.2) is 30.7 Å². The molecule has 0 atom stereocenters. The van der Waals surface area contributed by atoms with Gasteiger partial charge in [-0.1, -0.05) is 12.1 Å². The molecule has 1 aromatic rings. The predicted octanol–water partition coefficient (Wildman–Crippen LogP) is 1.22. The van der Waals surface area contributed by atoms with E-state index < -0.39 is 17.1 Å². The van der Waals surface area contributed by atoms with Crippen molar-refractivity contribution in [2.75, 3.05) is 13.7 Å². The van der Waals surface area contributed by atoms with Crippen molar-refractivity contribution in [2.24, 2.45) is 0 Å². The number of rotatable bonds is 5. The van der Waals surface area contributed by atoms with Crippen molar-refractivity contribution in [1.82, 2.24) is 10.6 Å². The Morgan fingerprint density at radius 2 is 2.05 bits per heavy atom. The first kappa shape index (κ1) is 15.1. The molecule has 1 fully saturated rings. The molecule has 21 heavy (non-hydrogen) atoms. The summed E-state index contributed by atoms with van der Waals surface area (Å²) in [5, 5.41) is 4.30. The quantitative estimate of drug-likeness (QED) is 0.799. The number of nitrogens with one attached hydrogen (secondary N) is 2. The number of hydrogen-bond donors (Lipinski definition) is 2. The first-order chi connectivity index (χ1) is 10.1. The van der Waals surface area contributed by atoms with Gasteiger partial charge in [0.2, 0.25) is 5.91 Å². The molecule has 0 radical (unpaired) electrons. The second-order valence-corrected chi connectivity index (χ2v) is 5.26. The topological polar surface area (TPSA) is 84.5 Å². The fraction of sp³-hybridized carbons (Fsp3) is 0.214. The summed E-state index contributed by atoms with van der Waals surface area (Å²) in [6, 6.07) is 7.54. The third-order valence-electron chi connectivity index (χ3n) is 2.78. The lowest BCUT2D eigenvalue weighted by Gasteiger charge is -2.04. The van der Waals surface area contributed by atoms with Gasteiger partial charge in [-0.2, -0.15) is 0 Å². The number of imide groups is 1. The van der Waals surface area contributed by atoms with Crippen molar-refractivity contribution in [3.8, 4) is 5.75 Å². The number of carbonyl (C=O) groups is 3. The zero-order valence-electron chi connectivity index (χ0n) is 11.3. The summed E-state index contributed by atoms with van der Waals surface area (Å²) in [7, 11) is 1.60. The van der Waals surface area contributed by atoms with Crippen LogP contribution in [0.2, 0.25) is 0 Å². The molecule has 1 aromatic carbocycles. The molecule has 0 spiro atoms. The third-order valence-corrected chi connectivity index (χ3v) is 3.59. The van der Waals surface area contributed by atoms with Crippen molar-refractivity contribution in [3.05, 3.63) is 40.8 Å². The first-order valence-corrected chi connectivity index (χ1v) is 7.06. The molecule has 0 aliphatic carbocycles. The summed E-state index contributed by atoms with van der Waals surface area (Å²) in [5.41, 5.74) is 1.06. The van der Waals surface area contributed by atoms with E-state index in [0.29, 0.717) is 13.0 Å². The van der Waals surface area contributed by atoms with Crippen LogP contribution in [0.3, 0.4) is 0 Å². The summed E-state index contributed by atoms with van der Waals surface area (Å²) in [6.45, 7) is 0.440. The molecular weight excluding hydrogens is 292 g/mol. The molecule has 110 valence electrons. The van der Waals surface area contributed by atoms with Gasteiger partial charge < -0.3 is 10.1 Å². The lowest BCUT2D eigenvalue weighted by atomic mass is 10.1. The molecule has 1 saturated heterocycles. The average Bonchev–Trinajstić information content (AvgIpc) is 2.77. The van der Waals surface area contributed by atoms with Gasteiger partial charge in [0.05, 0.1) is 12.0 Å². The van der Waals surface area contributed by atoms with Crippen LogP contribution in [0.15, 0.2) is 35.2 Å². The highest BCUT2D eigenvalue weighted by molar-refractivity contribution is 8.18. The van der Waals surface area contributed by atoms with E-state index in [9.17, 15) is 14.4 Å². The van der Waals surface area contributed by atoms with Crippen LogP contribution >= 0.6 is 11.8 Å². The largest absolute Gasteiger partial charge is 0.497 e. The molecule has 1 aliphatic rings. The molecule has 0 saturated carbocycles. The van der Waals surface area contributed by atoms with Crippen LogP contribution in [0.4, 0.5) is 4.79 Å². The molecule has 2 rings (SSSR count). The molecule has 2 N–H and O–H groups in total. The highest BCUT2D eigenvalue weighted by Gasteiger charge is 2.25. The SMILES string of the molecule is COc1ccc(CCNC(=O)/C=C2/SC(=O)NC2=O)cc1. The Kier molecular flexibility index (Phi) is 4.99. The van der Waals surface area contributed by atoms with E-state index in [0.717, 1.165) is 29.2 Å². The van der Waals surface area contributed by atoms with E-state index >= 15 is 0 Å². The van der Waals surface area contributed by atoms with E-state index in [-0.39, 0.29) is 4.91 Å². The molecular formula is C14H14N2O4S. The molecule has 3 amide bonds. The maximum Gasteiger partial charge on any atom is 0.290 e. The third kappa shape index (κ3) is 4.35. The van der Waals surface area contributed by atoms with Crippen molar-refractivity contribution < 1.29 is 19.1 Å². The summed E-state index contributed by atoms with van der Waals surface area (Å²) < 4.78 is 5.06. The maximum absolute atomic E-state index is 11.6. The first-order valence-electron chi connectivity index (χ1n) is 6.24. The molecule has 1 heterocycles. The van der Waals surface area contributed by atoms with Crippen LogP contribution < -0.4 is 15.4 Å². The monoisotopic (exact) mass is 306 g/mol. The Hall–Kier alpha value is -2.28. The number of hydrogen-bond acceptors (Lipinski definition) is 5. The van der Waals surface area contributed by atoms with Gasteiger partial charge in [0, 0.05) is 12.6 Å². The standard InChI is InChI=1S/C14H14N2O4S/c1-20-10-4-2-9(3-5-10)6-7-15-12(17)8-11-13(18)16-14(19)21-11/h2-5,8H,6-7H2,1H3,(H,15,17)(H,16,18,19)/b11-8+. The lowest BCUT2D eigenvalue weighted by Crippen LogP contribution is -2.25. The van der Waals surface area contributed by atoms with E-state index in [2.05, 4.69) is 10.6 Å².